The maximum Gasteiger partial charge on any atom is 0.245 e. The summed E-state index contributed by atoms with van der Waals surface area (Å²) in [7, 11) is 0. The quantitative estimate of drug-likeness (QED) is 0.00524. The highest BCUT2D eigenvalue weighted by Crippen LogP contribution is 2.23. The molecule has 106 heavy (non-hydrogen) atoms. The summed E-state index contributed by atoms with van der Waals surface area (Å²) in [6, 6.07) is 0.208. The number of fused-ring (bicyclic) bond motifs is 1. The lowest BCUT2D eigenvalue weighted by molar-refractivity contribution is -0.142. The number of hydrogen-bond acceptors (Lipinski definition) is 20. The van der Waals surface area contributed by atoms with E-state index in [0.717, 1.165) is 0 Å². The van der Waals surface area contributed by atoms with E-state index < -0.39 is 127 Å². The van der Waals surface area contributed by atoms with Gasteiger partial charge < -0.3 is 110 Å². The Morgan fingerprint density at radius 1 is 0.679 bits per heavy atom. The summed E-state index contributed by atoms with van der Waals surface area (Å²) in [5, 5.41) is 51.8. The molecule has 2 aliphatic heterocycles. The molecule has 4 heterocycles. The highest BCUT2D eigenvalue weighted by molar-refractivity contribution is 6.00. The van der Waals surface area contributed by atoms with Gasteiger partial charge in [0.15, 0.2) is 5.96 Å². The summed E-state index contributed by atoms with van der Waals surface area (Å²) in [5.74, 6) is -9.76. The molecule has 12 amide bonds. The van der Waals surface area contributed by atoms with Crippen LogP contribution < -0.4 is 70.4 Å². The number of para-hydroxylation sites is 1. The normalized spacial score (nSPS) is 15.9. The minimum Gasteiger partial charge on any atom is -0.508 e. The topological polar surface area (TPSA) is 580 Å². The largest absolute Gasteiger partial charge is 0.508 e. The summed E-state index contributed by atoms with van der Waals surface area (Å²) < 4.78 is 16.3. The van der Waals surface area contributed by atoms with Gasteiger partial charge in [-0.25, -0.2) is 4.98 Å². The van der Waals surface area contributed by atoms with Gasteiger partial charge in [0.05, 0.1) is 59.1 Å². The maximum atomic E-state index is 15.1. The van der Waals surface area contributed by atoms with E-state index in [1.54, 1.807) is 44.3 Å². The number of likely N-dealkylation sites (tertiary alicyclic amines) is 1. The molecule has 38 nitrogen and oxygen atoms in total. The van der Waals surface area contributed by atoms with E-state index in [-0.39, 0.29) is 179 Å². The maximum absolute atomic E-state index is 15.1. The van der Waals surface area contributed by atoms with Gasteiger partial charge in [0.1, 0.15) is 60.1 Å². The zero-order valence-corrected chi connectivity index (χ0v) is 59.4. The predicted molar refractivity (Wildman–Crippen MR) is 382 cm³/mol. The number of aliphatic imine (C=N–C) groups is 1. The van der Waals surface area contributed by atoms with Gasteiger partial charge in [-0.3, -0.25) is 62.5 Å². The SMILES string of the molecule is CC(C)CC(NC(=O)C(CCCCNC(=O)CCOCCOCCOCCN=[N+]=[N-])NC(=O)C(Cc1ccc(O)cc1)NC(=O)C(CO)NC(=O)C(Cc1c[nH]c2ccccc12)NC(=O)C(Cc1cnc[nH]1)NC(=O)C1CCC(=O)N1)C(=O)NC(CCCN=C(N)N)C(=O)N1CCCC1C(=O)NCC(N)=O. The molecule has 9 atom stereocenters. The molecule has 578 valence electrons. The van der Waals surface area contributed by atoms with Crippen molar-refractivity contribution in [1.82, 2.24) is 73.0 Å². The molecular weight excluding hydrogens is 1380 g/mol. The minimum atomic E-state index is -1.83. The molecule has 2 aliphatic rings. The molecule has 0 spiro atoms. The Morgan fingerprint density at radius 2 is 1.29 bits per heavy atom. The Labute approximate surface area is 611 Å². The minimum absolute atomic E-state index is 0.00759. The second-order valence-corrected chi connectivity index (χ2v) is 25.8. The molecule has 38 heteroatoms. The Bertz CT molecular complexity index is 3660. The average molecular weight is 1480 g/mol. The van der Waals surface area contributed by atoms with E-state index >= 15 is 4.79 Å². The number of azide groups is 1. The van der Waals surface area contributed by atoms with Gasteiger partial charge in [-0.1, -0.05) is 49.3 Å². The van der Waals surface area contributed by atoms with Crippen molar-refractivity contribution < 1.29 is 82.0 Å². The molecule has 0 bridgehead atoms. The van der Waals surface area contributed by atoms with E-state index in [1.807, 2.05) is 0 Å². The van der Waals surface area contributed by atoms with Crippen LogP contribution in [-0.2, 0) is 91.0 Å². The van der Waals surface area contributed by atoms with Crippen molar-refractivity contribution >= 4 is 87.7 Å². The number of nitrogens with two attached hydrogens (primary N) is 3. The van der Waals surface area contributed by atoms with Crippen molar-refractivity contribution in [3.8, 4) is 5.75 Å². The molecule has 2 saturated heterocycles. The first kappa shape index (κ1) is 84.0. The summed E-state index contributed by atoms with van der Waals surface area (Å²) in [6.07, 6.45) is 5.00. The molecule has 20 N–H and O–H groups in total. The number of aromatic hydroxyl groups is 1. The fraction of sp³-hybridized carbons (Fsp3) is 0.559. The Balaban J connectivity index is 1.23. The first-order valence-electron chi connectivity index (χ1n) is 35.2. The number of aromatic amines is 2. The number of ether oxygens (including phenoxy) is 3. The molecule has 4 aromatic rings. The molecule has 9 unspecified atom stereocenters. The van der Waals surface area contributed by atoms with Gasteiger partial charge in [0, 0.05) is 92.2 Å². The second kappa shape index (κ2) is 44.6. The number of guanidine groups is 1. The number of amides is 12. The number of imidazole rings is 1. The molecule has 0 saturated carbocycles. The lowest BCUT2D eigenvalue weighted by Crippen LogP contribution is -2.61. The number of nitrogens with one attached hydrogen (secondary N) is 12. The van der Waals surface area contributed by atoms with Crippen LogP contribution in [0.25, 0.3) is 21.3 Å². The molecule has 2 aromatic carbocycles. The van der Waals surface area contributed by atoms with Crippen LogP contribution in [0.15, 0.2) is 77.4 Å². The number of phenolic OH excluding ortho intramolecular Hbond substituents is 1. The monoisotopic (exact) mass is 1480 g/mol. The van der Waals surface area contributed by atoms with Crippen LogP contribution in [0.4, 0.5) is 0 Å². The summed E-state index contributed by atoms with van der Waals surface area (Å²) in [6.45, 7) is 3.76. The summed E-state index contributed by atoms with van der Waals surface area (Å²) >= 11 is 0. The van der Waals surface area contributed by atoms with E-state index in [4.69, 9.17) is 36.9 Å². The van der Waals surface area contributed by atoms with E-state index in [1.165, 1.54) is 41.7 Å². The smallest absolute Gasteiger partial charge is 0.245 e. The number of primary amides is 1. The van der Waals surface area contributed by atoms with Crippen molar-refractivity contribution in [2.75, 3.05) is 79.0 Å². The van der Waals surface area contributed by atoms with Crippen LogP contribution >= 0.6 is 0 Å². The third-order valence-electron chi connectivity index (χ3n) is 17.1. The zero-order chi connectivity index (χ0) is 76.9. The highest BCUT2D eigenvalue weighted by Gasteiger charge is 2.40. The lowest BCUT2D eigenvalue weighted by Gasteiger charge is -2.30. The number of H-pyrrole nitrogens is 2. The van der Waals surface area contributed by atoms with Crippen LogP contribution in [0.2, 0.25) is 0 Å². The number of unbranched alkanes of at least 4 members (excludes halogenated alkanes) is 1. The van der Waals surface area contributed by atoms with Crippen LogP contribution in [0.5, 0.6) is 5.75 Å². The number of phenols is 1. The Kier molecular flexibility index (Phi) is 35.4. The molecule has 6 rings (SSSR count). The number of aromatic nitrogens is 3. The molecule has 2 aromatic heterocycles. The summed E-state index contributed by atoms with van der Waals surface area (Å²) in [5.41, 5.74) is 26.8. The standard InChI is InChI=1S/C68H99N21O17/c1-40(2)31-50(61(97)82-49(12-7-22-75-68(70)71)67(103)89-24-8-13-55(89)66(102)77-37-56(69)92)83-59(95)47(11-5-6-21-74-57(93)20-25-104-27-29-106-30-28-105-26-23-79-88-72)81-62(98)51(32-41-14-16-44(91)17-15-41)84-65(101)54(38-90)87-63(99)52(33-42-35-76-46-10-4-3-9-45(42)46)85-64(100)53(34-43-36-73-39-78-43)86-60(96)48-18-19-58(94)80-48/h3-4,9-10,14-17,35-36,39-40,47-55,76,90-91H,5-8,11-13,18-34,37-38H2,1-2H3,(H2,69,92)(H,73,78)(H,74,93)(H,77,102)(H,80,94)(H,81,98)(H,82,97)(H,83,95)(H,84,101)(H,85,100)(H,86,96)(H,87,99)(H4,70,71,75). The number of aliphatic hydroxyl groups excluding tert-OH is 1. The van der Waals surface area contributed by atoms with Crippen molar-refractivity contribution in [3.05, 3.63) is 94.5 Å². The van der Waals surface area contributed by atoms with Crippen molar-refractivity contribution in [2.24, 2.45) is 33.2 Å². The van der Waals surface area contributed by atoms with E-state index in [2.05, 4.69) is 83.1 Å². The molecular formula is C68H99N21O17. The van der Waals surface area contributed by atoms with Gasteiger partial charge in [-0.15, -0.1) is 0 Å². The van der Waals surface area contributed by atoms with Gasteiger partial charge >= 0.3 is 0 Å². The Hall–Kier alpha value is -10.9. The van der Waals surface area contributed by atoms with Gasteiger partial charge in [-0.2, -0.15) is 0 Å². The number of rotatable bonds is 48. The van der Waals surface area contributed by atoms with Crippen LogP contribution in [0, 0.1) is 5.92 Å². The van der Waals surface area contributed by atoms with Crippen molar-refractivity contribution in [3.63, 3.8) is 0 Å². The second-order valence-electron chi connectivity index (χ2n) is 25.8. The summed E-state index contributed by atoms with van der Waals surface area (Å²) in [4.78, 5) is 184. The third kappa shape index (κ3) is 28.9. The van der Waals surface area contributed by atoms with Gasteiger partial charge in [0.2, 0.25) is 70.9 Å². The number of benzene rings is 2. The third-order valence-corrected chi connectivity index (χ3v) is 17.1. The molecule has 2 fully saturated rings. The fourth-order valence-electron chi connectivity index (χ4n) is 11.7. The number of aliphatic hydroxyl groups is 1. The molecule has 0 radical (unpaired) electrons. The highest BCUT2D eigenvalue weighted by atomic mass is 16.5. The average Bonchev–Trinajstić information content (AvgIpc) is 1.64. The van der Waals surface area contributed by atoms with E-state index in [9.17, 15) is 63.0 Å². The van der Waals surface area contributed by atoms with Crippen LogP contribution in [-0.4, -0.2) is 240 Å². The predicted octanol–water partition coefficient (Wildman–Crippen LogP) is -2.98. The van der Waals surface area contributed by atoms with E-state index in [0.29, 0.717) is 34.1 Å². The fourth-order valence-corrected chi connectivity index (χ4v) is 11.7. The number of hydrogen-bond donors (Lipinski definition) is 17. The van der Waals surface area contributed by atoms with Crippen molar-refractivity contribution in [2.45, 2.75) is 158 Å². The van der Waals surface area contributed by atoms with Gasteiger partial charge in [-0.05, 0) is 98.6 Å². The van der Waals surface area contributed by atoms with Crippen LogP contribution in [0.1, 0.15) is 101 Å². The number of carbonyl (C=O) groups is 12. The van der Waals surface area contributed by atoms with Gasteiger partial charge in [0.25, 0.3) is 0 Å². The Morgan fingerprint density at radius 3 is 1.94 bits per heavy atom. The lowest BCUT2D eigenvalue weighted by atomic mass is 10.00. The van der Waals surface area contributed by atoms with Crippen LogP contribution in [0.3, 0.4) is 0 Å². The first-order valence-corrected chi connectivity index (χ1v) is 35.2. The number of nitrogens with zero attached hydrogens (tertiary/aromatic N) is 6. The van der Waals surface area contributed by atoms with Crippen molar-refractivity contribution in [1.29, 1.82) is 0 Å². The number of carbonyl (C=O) groups excluding carboxylic acids is 12. The molecule has 0 aliphatic carbocycles. The zero-order valence-electron chi connectivity index (χ0n) is 59.4. The first-order chi connectivity index (χ1) is 50.9.